The maximum Gasteiger partial charge on any atom is 0.408 e. The number of carbonyl (C=O) groups is 3. The van der Waals surface area contributed by atoms with E-state index >= 15 is 0 Å². The summed E-state index contributed by atoms with van der Waals surface area (Å²) in [5.41, 5.74) is -0.251. The fourth-order valence-corrected chi connectivity index (χ4v) is 2.47. The van der Waals surface area contributed by atoms with Crippen molar-refractivity contribution < 1.29 is 28.2 Å². The zero-order chi connectivity index (χ0) is 22.3. The van der Waals surface area contributed by atoms with Crippen LogP contribution < -0.4 is 10.6 Å². The van der Waals surface area contributed by atoms with E-state index in [2.05, 4.69) is 20.5 Å². The van der Waals surface area contributed by atoms with Crippen molar-refractivity contribution in [3.05, 3.63) is 42.5 Å². The first-order valence-corrected chi connectivity index (χ1v) is 9.26. The van der Waals surface area contributed by atoms with Crippen molar-refractivity contribution >= 4 is 23.7 Å². The Hall–Kier alpha value is -3.43. The van der Waals surface area contributed by atoms with Crippen LogP contribution in [-0.2, 0) is 19.1 Å². The van der Waals surface area contributed by atoms with Gasteiger partial charge in [0, 0.05) is 6.42 Å². The van der Waals surface area contributed by atoms with Gasteiger partial charge in [0.1, 0.15) is 23.1 Å². The number of nitrogens with zero attached hydrogens (tertiary/aromatic N) is 2. The number of halogens is 1. The Balaban J connectivity index is 2.10. The number of amides is 2. The lowest BCUT2D eigenvalue weighted by atomic mass is 10.1. The molecular weight excluding hydrogens is 395 g/mol. The molecule has 9 nitrogen and oxygen atoms in total. The summed E-state index contributed by atoms with van der Waals surface area (Å²) < 4.78 is 24.9. The highest BCUT2D eigenvalue weighted by atomic mass is 19.1. The van der Waals surface area contributed by atoms with Crippen LogP contribution in [0.3, 0.4) is 0 Å². The largest absolute Gasteiger partial charge is 0.469 e. The average Bonchev–Trinajstić information content (AvgIpc) is 3.11. The molecule has 0 aliphatic carbocycles. The Morgan fingerprint density at radius 2 is 1.93 bits per heavy atom. The van der Waals surface area contributed by atoms with Crippen LogP contribution in [0.25, 0.3) is 5.69 Å². The molecule has 2 aromatic rings. The van der Waals surface area contributed by atoms with Gasteiger partial charge in [-0.15, -0.1) is 0 Å². The Morgan fingerprint density at radius 1 is 1.23 bits per heavy atom. The van der Waals surface area contributed by atoms with E-state index in [1.807, 2.05) is 0 Å². The van der Waals surface area contributed by atoms with Crippen LogP contribution >= 0.6 is 0 Å². The van der Waals surface area contributed by atoms with E-state index in [1.54, 1.807) is 32.9 Å². The molecule has 0 saturated carbocycles. The Morgan fingerprint density at radius 3 is 2.57 bits per heavy atom. The van der Waals surface area contributed by atoms with Crippen molar-refractivity contribution in [3.63, 3.8) is 0 Å². The predicted molar refractivity (Wildman–Crippen MR) is 107 cm³/mol. The molecule has 1 aromatic carbocycles. The first-order valence-electron chi connectivity index (χ1n) is 9.26. The maximum atomic E-state index is 13.9. The van der Waals surface area contributed by atoms with Crippen molar-refractivity contribution in [2.75, 3.05) is 12.4 Å². The molecule has 0 spiro atoms. The third-order valence-corrected chi connectivity index (χ3v) is 3.82. The summed E-state index contributed by atoms with van der Waals surface area (Å²) in [6.45, 7) is 5.06. The topological polar surface area (TPSA) is 112 Å². The normalized spacial score (nSPS) is 12.0. The number of rotatable bonds is 7. The summed E-state index contributed by atoms with van der Waals surface area (Å²) >= 11 is 0. The summed E-state index contributed by atoms with van der Waals surface area (Å²) in [5, 5.41) is 9.08. The van der Waals surface area contributed by atoms with Gasteiger partial charge in [-0.2, -0.15) is 5.10 Å². The molecule has 0 bridgehead atoms. The number of benzene rings is 1. The number of alkyl carbamates (subject to hydrolysis) is 1. The third kappa shape index (κ3) is 6.87. The molecule has 0 radical (unpaired) electrons. The number of hydrogen-bond acceptors (Lipinski definition) is 6. The van der Waals surface area contributed by atoms with E-state index in [0.717, 1.165) is 0 Å². The minimum Gasteiger partial charge on any atom is -0.469 e. The van der Waals surface area contributed by atoms with Gasteiger partial charge in [0.25, 0.3) is 0 Å². The number of carbonyl (C=O) groups excluding carboxylic acids is 3. The number of anilines is 1. The van der Waals surface area contributed by atoms with Gasteiger partial charge in [-0.3, -0.25) is 9.59 Å². The second-order valence-corrected chi connectivity index (χ2v) is 7.43. The lowest BCUT2D eigenvalue weighted by molar-refractivity contribution is -0.140. The summed E-state index contributed by atoms with van der Waals surface area (Å²) in [4.78, 5) is 36.2. The predicted octanol–water partition coefficient (Wildman–Crippen LogP) is 2.80. The van der Waals surface area contributed by atoms with Crippen molar-refractivity contribution in [2.24, 2.45) is 0 Å². The van der Waals surface area contributed by atoms with Crippen molar-refractivity contribution in [1.29, 1.82) is 0 Å². The molecular formula is C20H25FN4O5. The number of aromatic nitrogens is 2. The van der Waals surface area contributed by atoms with E-state index in [-0.39, 0.29) is 24.2 Å². The second-order valence-electron chi connectivity index (χ2n) is 7.43. The molecule has 10 heteroatoms. The van der Waals surface area contributed by atoms with Gasteiger partial charge < -0.3 is 20.1 Å². The summed E-state index contributed by atoms with van der Waals surface area (Å²) in [7, 11) is 1.23. The molecule has 162 valence electrons. The van der Waals surface area contributed by atoms with E-state index < -0.39 is 35.4 Å². The van der Waals surface area contributed by atoms with Gasteiger partial charge >= 0.3 is 12.1 Å². The van der Waals surface area contributed by atoms with E-state index in [1.165, 1.54) is 36.3 Å². The summed E-state index contributed by atoms with van der Waals surface area (Å²) in [6.07, 6.45) is 1.89. The number of esters is 1. The third-order valence-electron chi connectivity index (χ3n) is 3.82. The smallest absolute Gasteiger partial charge is 0.408 e. The van der Waals surface area contributed by atoms with Gasteiger partial charge in [0.2, 0.25) is 5.91 Å². The highest BCUT2D eigenvalue weighted by Gasteiger charge is 2.25. The van der Waals surface area contributed by atoms with Gasteiger partial charge in [-0.1, -0.05) is 12.1 Å². The van der Waals surface area contributed by atoms with Gasteiger partial charge in [0.15, 0.2) is 0 Å². The molecule has 1 heterocycles. The quantitative estimate of drug-likeness (QED) is 0.667. The van der Waals surface area contributed by atoms with E-state index in [4.69, 9.17) is 4.74 Å². The summed E-state index contributed by atoms with van der Waals surface area (Å²) in [5.74, 6) is -1.58. The zero-order valence-corrected chi connectivity index (χ0v) is 17.3. The Bertz CT molecular complexity index is 907. The number of para-hydroxylation sites is 1. The maximum absolute atomic E-state index is 13.9. The molecule has 0 aliphatic heterocycles. The highest BCUT2D eigenvalue weighted by molar-refractivity contribution is 5.96. The average molecular weight is 420 g/mol. The van der Waals surface area contributed by atoms with Crippen LogP contribution in [0.2, 0.25) is 0 Å². The SMILES string of the molecule is COC(=O)CC[C@H](NC(=O)OC(C)(C)C)C(=O)Nc1cnn(-c2ccccc2F)c1. The first-order chi connectivity index (χ1) is 14.1. The van der Waals surface area contributed by atoms with Gasteiger partial charge in [0.05, 0.1) is 25.2 Å². The molecule has 2 N–H and O–H groups in total. The number of ether oxygens (including phenoxy) is 2. The highest BCUT2D eigenvalue weighted by Crippen LogP contribution is 2.16. The minimum absolute atomic E-state index is 0.000794. The van der Waals surface area contributed by atoms with Crippen LogP contribution in [0, 0.1) is 5.82 Å². The molecule has 30 heavy (non-hydrogen) atoms. The molecule has 1 aromatic heterocycles. The van der Waals surface area contributed by atoms with Crippen molar-refractivity contribution in [1.82, 2.24) is 15.1 Å². The number of nitrogens with one attached hydrogen (secondary N) is 2. The fourth-order valence-electron chi connectivity index (χ4n) is 2.47. The van der Waals surface area contributed by atoms with Crippen molar-refractivity contribution in [3.8, 4) is 5.69 Å². The summed E-state index contributed by atoms with van der Waals surface area (Å²) in [6, 6.07) is 4.99. The molecule has 2 rings (SSSR count). The molecule has 0 fully saturated rings. The van der Waals surface area contributed by atoms with Crippen LogP contribution in [0.4, 0.5) is 14.9 Å². The van der Waals surface area contributed by atoms with Crippen LogP contribution in [0.1, 0.15) is 33.6 Å². The van der Waals surface area contributed by atoms with Gasteiger partial charge in [-0.05, 0) is 39.3 Å². The standard InChI is InChI=1S/C20H25FN4O5/c1-20(2,3)30-19(28)24-15(9-10-17(26)29-4)18(27)23-13-11-22-25(12-13)16-8-6-5-7-14(16)21/h5-8,11-12,15H,9-10H2,1-4H3,(H,23,27)(H,24,28)/t15-/m0/s1. The van der Waals surface area contributed by atoms with E-state index in [0.29, 0.717) is 0 Å². The Labute approximate surface area is 173 Å². The molecule has 1 atom stereocenters. The van der Waals surface area contributed by atoms with Crippen LogP contribution in [-0.4, -0.2) is 46.5 Å². The second kappa shape index (κ2) is 9.86. The fraction of sp³-hybridized carbons (Fsp3) is 0.400. The number of methoxy groups -OCH3 is 1. The van der Waals surface area contributed by atoms with Gasteiger partial charge in [-0.25, -0.2) is 13.9 Å². The van der Waals surface area contributed by atoms with Crippen LogP contribution in [0.5, 0.6) is 0 Å². The van der Waals surface area contributed by atoms with Crippen LogP contribution in [0.15, 0.2) is 36.7 Å². The van der Waals surface area contributed by atoms with Crippen molar-refractivity contribution in [2.45, 2.75) is 45.3 Å². The molecule has 0 aliphatic rings. The molecule has 0 unspecified atom stereocenters. The lowest BCUT2D eigenvalue weighted by Crippen LogP contribution is -2.46. The number of hydrogen-bond donors (Lipinski definition) is 2. The minimum atomic E-state index is -1.06. The van der Waals surface area contributed by atoms with E-state index in [9.17, 15) is 18.8 Å². The Kier molecular flexibility index (Phi) is 7.51. The monoisotopic (exact) mass is 420 g/mol. The molecule has 0 saturated heterocycles. The first kappa shape index (κ1) is 22.9. The zero-order valence-electron chi connectivity index (χ0n) is 17.3. The lowest BCUT2D eigenvalue weighted by Gasteiger charge is -2.23. The molecule has 2 amide bonds.